The molecule has 0 unspecified atom stereocenters. The molecule has 0 spiro atoms. The molecular weight excluding hydrogens is 338 g/mol. The van der Waals surface area contributed by atoms with E-state index in [9.17, 15) is 9.59 Å². The number of aromatic nitrogens is 1. The van der Waals surface area contributed by atoms with Crippen LogP contribution in [-0.2, 0) is 16.1 Å². The lowest BCUT2D eigenvalue weighted by Gasteiger charge is -2.37. The third kappa shape index (κ3) is 4.59. The third-order valence-corrected chi connectivity index (χ3v) is 5.03. The van der Waals surface area contributed by atoms with Crippen molar-refractivity contribution < 1.29 is 9.59 Å². The van der Waals surface area contributed by atoms with Gasteiger partial charge in [0.15, 0.2) is 0 Å². The standard InChI is InChI=1S/C22H29N3O2/c1-16(2)15-23-20(26)10-11-21(27)25-14-13-24-12-4-5-19(24)22(25)18-8-6-17(3)7-9-18/h4-9,12,16,22H,10-11,13-15H2,1-3H3,(H,23,26)/t22-/m0/s1. The van der Waals surface area contributed by atoms with E-state index < -0.39 is 0 Å². The van der Waals surface area contributed by atoms with E-state index in [0.29, 0.717) is 19.0 Å². The van der Waals surface area contributed by atoms with Gasteiger partial charge in [-0.1, -0.05) is 43.7 Å². The second kappa shape index (κ2) is 8.42. The molecule has 3 rings (SSSR count). The summed E-state index contributed by atoms with van der Waals surface area (Å²) in [6.45, 7) is 8.27. The minimum atomic E-state index is -0.0967. The van der Waals surface area contributed by atoms with Crippen LogP contribution >= 0.6 is 0 Å². The Kier molecular flexibility index (Phi) is 5.99. The molecule has 1 aromatic carbocycles. The van der Waals surface area contributed by atoms with Crippen molar-refractivity contribution in [1.29, 1.82) is 0 Å². The summed E-state index contributed by atoms with van der Waals surface area (Å²) in [7, 11) is 0. The molecule has 5 heteroatoms. The quantitative estimate of drug-likeness (QED) is 0.852. The van der Waals surface area contributed by atoms with Crippen molar-refractivity contribution in [3.63, 3.8) is 0 Å². The normalized spacial score (nSPS) is 16.3. The third-order valence-electron chi connectivity index (χ3n) is 5.03. The van der Waals surface area contributed by atoms with Crippen molar-refractivity contribution >= 4 is 11.8 Å². The number of carbonyl (C=O) groups is 2. The van der Waals surface area contributed by atoms with Gasteiger partial charge in [0.05, 0.1) is 6.04 Å². The van der Waals surface area contributed by atoms with Gasteiger partial charge in [0.2, 0.25) is 11.8 Å². The zero-order chi connectivity index (χ0) is 19.4. The predicted molar refractivity (Wildman–Crippen MR) is 106 cm³/mol. The molecule has 0 fully saturated rings. The lowest BCUT2D eigenvalue weighted by molar-refractivity contribution is -0.136. The molecule has 1 N–H and O–H groups in total. The topological polar surface area (TPSA) is 54.3 Å². The van der Waals surface area contributed by atoms with Crippen molar-refractivity contribution in [2.24, 2.45) is 5.92 Å². The van der Waals surface area contributed by atoms with Crippen molar-refractivity contribution in [1.82, 2.24) is 14.8 Å². The Labute approximate surface area is 161 Å². The van der Waals surface area contributed by atoms with Crippen LogP contribution in [0.2, 0.25) is 0 Å². The molecule has 0 saturated heterocycles. The van der Waals surface area contributed by atoms with Gasteiger partial charge >= 0.3 is 0 Å². The highest BCUT2D eigenvalue weighted by Crippen LogP contribution is 2.33. The summed E-state index contributed by atoms with van der Waals surface area (Å²) in [6.07, 6.45) is 2.55. The van der Waals surface area contributed by atoms with Gasteiger partial charge < -0.3 is 14.8 Å². The number of rotatable bonds is 6. The number of aryl methyl sites for hydroxylation is 1. The summed E-state index contributed by atoms with van der Waals surface area (Å²) in [6, 6.07) is 12.4. The minimum absolute atomic E-state index is 0.0349. The summed E-state index contributed by atoms with van der Waals surface area (Å²) in [4.78, 5) is 26.9. The van der Waals surface area contributed by atoms with Crippen LogP contribution in [0, 0.1) is 12.8 Å². The minimum Gasteiger partial charge on any atom is -0.356 e. The molecule has 2 amide bonds. The summed E-state index contributed by atoms with van der Waals surface area (Å²) >= 11 is 0. The van der Waals surface area contributed by atoms with Gasteiger partial charge in [0, 0.05) is 44.4 Å². The van der Waals surface area contributed by atoms with E-state index in [0.717, 1.165) is 17.8 Å². The lowest BCUT2D eigenvalue weighted by Crippen LogP contribution is -2.42. The molecule has 5 nitrogen and oxygen atoms in total. The first kappa shape index (κ1) is 19.2. The first-order valence-electron chi connectivity index (χ1n) is 9.73. The highest BCUT2D eigenvalue weighted by Gasteiger charge is 2.31. The number of carbonyl (C=O) groups excluding carboxylic acids is 2. The van der Waals surface area contributed by atoms with Crippen LogP contribution in [0.5, 0.6) is 0 Å². The molecule has 0 bridgehead atoms. The summed E-state index contributed by atoms with van der Waals surface area (Å²) < 4.78 is 2.21. The first-order valence-corrected chi connectivity index (χ1v) is 9.73. The van der Waals surface area contributed by atoms with Gasteiger partial charge in [0.1, 0.15) is 0 Å². The van der Waals surface area contributed by atoms with Crippen LogP contribution in [0.1, 0.15) is 49.6 Å². The van der Waals surface area contributed by atoms with E-state index in [-0.39, 0.29) is 30.7 Å². The second-order valence-electron chi connectivity index (χ2n) is 7.72. The number of fused-ring (bicyclic) bond motifs is 1. The Morgan fingerprint density at radius 1 is 1.11 bits per heavy atom. The van der Waals surface area contributed by atoms with Gasteiger partial charge in [-0.2, -0.15) is 0 Å². The summed E-state index contributed by atoms with van der Waals surface area (Å²) in [5.74, 6) is 0.391. The predicted octanol–water partition coefficient (Wildman–Crippen LogP) is 3.28. The molecule has 1 atom stereocenters. The Bertz CT molecular complexity index is 792. The van der Waals surface area contributed by atoms with E-state index in [2.05, 4.69) is 67.2 Å². The molecule has 27 heavy (non-hydrogen) atoms. The van der Waals surface area contributed by atoms with Crippen LogP contribution in [0.4, 0.5) is 0 Å². The van der Waals surface area contributed by atoms with Gasteiger partial charge in [-0.05, 0) is 30.5 Å². The number of nitrogens with one attached hydrogen (secondary N) is 1. The lowest BCUT2D eigenvalue weighted by atomic mass is 9.98. The van der Waals surface area contributed by atoms with Crippen molar-refractivity contribution in [2.75, 3.05) is 13.1 Å². The van der Waals surface area contributed by atoms with Crippen molar-refractivity contribution in [2.45, 2.75) is 46.2 Å². The maximum Gasteiger partial charge on any atom is 0.223 e. The van der Waals surface area contributed by atoms with Crippen molar-refractivity contribution in [3.05, 3.63) is 59.4 Å². The molecular formula is C22H29N3O2. The van der Waals surface area contributed by atoms with E-state index in [1.165, 1.54) is 5.56 Å². The van der Waals surface area contributed by atoms with E-state index >= 15 is 0 Å². The zero-order valence-corrected chi connectivity index (χ0v) is 16.4. The van der Waals surface area contributed by atoms with Gasteiger partial charge in [0.25, 0.3) is 0 Å². The first-order chi connectivity index (χ1) is 13.0. The average molecular weight is 367 g/mol. The number of nitrogens with zero attached hydrogens (tertiary/aromatic N) is 2. The molecule has 1 aromatic heterocycles. The fourth-order valence-corrected chi connectivity index (χ4v) is 3.52. The van der Waals surface area contributed by atoms with Gasteiger partial charge in [-0.15, -0.1) is 0 Å². The van der Waals surface area contributed by atoms with Crippen LogP contribution in [0.25, 0.3) is 0 Å². The molecule has 0 aliphatic carbocycles. The molecule has 144 valence electrons. The monoisotopic (exact) mass is 367 g/mol. The van der Waals surface area contributed by atoms with Crippen LogP contribution < -0.4 is 5.32 Å². The molecule has 2 aromatic rings. The number of amides is 2. The highest BCUT2D eigenvalue weighted by atomic mass is 16.2. The van der Waals surface area contributed by atoms with Crippen LogP contribution in [0.3, 0.4) is 0 Å². The van der Waals surface area contributed by atoms with Gasteiger partial charge in [-0.25, -0.2) is 0 Å². The van der Waals surface area contributed by atoms with E-state index in [1.807, 2.05) is 11.0 Å². The SMILES string of the molecule is Cc1ccc([C@H]2c3cccn3CCN2C(=O)CCC(=O)NCC(C)C)cc1. The summed E-state index contributed by atoms with van der Waals surface area (Å²) in [5.41, 5.74) is 3.44. The smallest absolute Gasteiger partial charge is 0.223 e. The highest BCUT2D eigenvalue weighted by molar-refractivity contribution is 5.84. The number of hydrogen-bond acceptors (Lipinski definition) is 2. The fourth-order valence-electron chi connectivity index (χ4n) is 3.52. The van der Waals surface area contributed by atoms with Crippen LogP contribution in [-0.4, -0.2) is 34.4 Å². The zero-order valence-electron chi connectivity index (χ0n) is 16.4. The Balaban J connectivity index is 1.74. The van der Waals surface area contributed by atoms with Crippen LogP contribution in [0.15, 0.2) is 42.6 Å². The maximum atomic E-state index is 13.0. The molecule has 0 saturated carbocycles. The Morgan fingerprint density at radius 2 is 1.85 bits per heavy atom. The van der Waals surface area contributed by atoms with Gasteiger partial charge in [-0.3, -0.25) is 9.59 Å². The Hall–Kier alpha value is -2.56. The molecule has 1 aliphatic heterocycles. The largest absolute Gasteiger partial charge is 0.356 e. The van der Waals surface area contributed by atoms with E-state index in [1.54, 1.807) is 0 Å². The van der Waals surface area contributed by atoms with E-state index in [4.69, 9.17) is 0 Å². The second-order valence-corrected chi connectivity index (χ2v) is 7.72. The summed E-state index contributed by atoms with van der Waals surface area (Å²) in [5, 5.41) is 2.89. The Morgan fingerprint density at radius 3 is 2.56 bits per heavy atom. The number of hydrogen-bond donors (Lipinski definition) is 1. The maximum absolute atomic E-state index is 13.0. The molecule has 2 heterocycles. The fraction of sp³-hybridized carbons (Fsp3) is 0.455. The molecule has 0 radical (unpaired) electrons. The molecule has 1 aliphatic rings. The van der Waals surface area contributed by atoms with Crippen molar-refractivity contribution in [3.8, 4) is 0 Å². The average Bonchev–Trinajstić information content (AvgIpc) is 3.13. The number of benzene rings is 1.